The molecule has 2 nitrogen and oxygen atoms in total. The fourth-order valence-electron chi connectivity index (χ4n) is 8.29. The standard InChI is InChI=1S/C52H33NOS/c1-3-14-34(15-4-1)37-27-29-41-45(32-37)43-30-26-36-18-7-8-20-40(36)51(43)54-49-31-28-38(33-46(41)49)53(47-23-11-9-19-39(47)35-16-5-2-6-17-35)48-24-13-22-44-42-21-10-12-25-50(42)55-52(44)48/h1-33H. The first-order valence-corrected chi connectivity index (χ1v) is 19.5. The van der Waals surface area contributed by atoms with Gasteiger partial charge in [0.05, 0.1) is 16.1 Å². The molecule has 9 aromatic carbocycles. The average Bonchev–Trinajstić information content (AvgIpc) is 3.58. The van der Waals surface area contributed by atoms with E-state index in [1.165, 1.54) is 42.4 Å². The summed E-state index contributed by atoms with van der Waals surface area (Å²) in [7, 11) is 0. The highest BCUT2D eigenvalue weighted by Crippen LogP contribution is 2.53. The summed E-state index contributed by atoms with van der Waals surface area (Å²) < 4.78 is 9.61. The zero-order valence-corrected chi connectivity index (χ0v) is 30.6. The van der Waals surface area contributed by atoms with Crippen molar-refractivity contribution in [1.29, 1.82) is 0 Å². The number of hydrogen-bond acceptors (Lipinski definition) is 3. The van der Waals surface area contributed by atoms with Crippen LogP contribution in [0, 0.1) is 0 Å². The van der Waals surface area contributed by atoms with Gasteiger partial charge in [0.1, 0.15) is 11.5 Å². The Kier molecular flexibility index (Phi) is 7.39. The molecule has 11 rings (SSSR count). The third kappa shape index (κ3) is 5.24. The number of rotatable bonds is 5. The quantitative estimate of drug-likeness (QED) is 0.176. The third-order valence-electron chi connectivity index (χ3n) is 10.9. The Balaban J connectivity index is 1.18. The molecular formula is C52H33NOS. The van der Waals surface area contributed by atoms with Crippen LogP contribution in [0.15, 0.2) is 200 Å². The molecule has 10 aromatic rings. The number of anilines is 3. The number of benzene rings is 9. The molecular weight excluding hydrogens is 687 g/mol. The summed E-state index contributed by atoms with van der Waals surface area (Å²) in [6.07, 6.45) is 0. The van der Waals surface area contributed by atoms with Crippen LogP contribution in [0.1, 0.15) is 0 Å². The lowest BCUT2D eigenvalue weighted by atomic mass is 9.90. The van der Waals surface area contributed by atoms with Gasteiger partial charge in [0.2, 0.25) is 0 Å². The molecule has 3 heteroatoms. The zero-order valence-electron chi connectivity index (χ0n) is 29.8. The minimum Gasteiger partial charge on any atom is -0.455 e. The molecule has 0 saturated heterocycles. The van der Waals surface area contributed by atoms with E-state index in [1.54, 1.807) is 0 Å². The van der Waals surface area contributed by atoms with Gasteiger partial charge in [-0.15, -0.1) is 11.3 Å². The molecule has 0 radical (unpaired) electrons. The third-order valence-corrected chi connectivity index (χ3v) is 12.1. The average molecular weight is 720 g/mol. The SMILES string of the molecule is c1ccc(-c2ccc3c(c2)-c2ccc4ccccc4c2Oc2ccc(N(c4ccccc4-c4ccccc4)c4cccc5c4sc4ccccc45)cc2-3)cc1. The van der Waals surface area contributed by atoms with E-state index in [1.807, 2.05) is 11.3 Å². The highest BCUT2D eigenvalue weighted by Gasteiger charge is 2.26. The summed E-state index contributed by atoms with van der Waals surface area (Å²) in [6, 6.07) is 72.1. The van der Waals surface area contributed by atoms with Crippen molar-refractivity contribution in [3.8, 4) is 56.0 Å². The van der Waals surface area contributed by atoms with Gasteiger partial charge in [0.15, 0.2) is 0 Å². The maximum Gasteiger partial charge on any atom is 0.143 e. The second-order valence-electron chi connectivity index (χ2n) is 14.0. The topological polar surface area (TPSA) is 12.5 Å². The van der Waals surface area contributed by atoms with Gasteiger partial charge in [-0.05, 0) is 81.7 Å². The Bertz CT molecular complexity index is 3070. The van der Waals surface area contributed by atoms with Crippen molar-refractivity contribution in [3.05, 3.63) is 200 Å². The van der Waals surface area contributed by atoms with Crippen molar-refractivity contribution in [3.63, 3.8) is 0 Å². The first-order valence-electron chi connectivity index (χ1n) is 18.7. The van der Waals surface area contributed by atoms with E-state index in [0.29, 0.717) is 0 Å². The molecule has 0 saturated carbocycles. The molecule has 1 aromatic heterocycles. The summed E-state index contributed by atoms with van der Waals surface area (Å²) in [4.78, 5) is 2.45. The Labute approximate surface area is 323 Å². The van der Waals surface area contributed by atoms with Crippen molar-refractivity contribution >= 4 is 59.3 Å². The molecule has 2 heterocycles. The fraction of sp³-hybridized carbons (Fsp3) is 0. The van der Waals surface area contributed by atoms with Crippen LogP contribution in [0.2, 0.25) is 0 Å². The minimum absolute atomic E-state index is 0.837. The van der Waals surface area contributed by atoms with Crippen LogP contribution >= 0.6 is 11.3 Å². The molecule has 258 valence electrons. The number of thiophene rings is 1. The molecule has 0 spiro atoms. The first kappa shape index (κ1) is 31.6. The molecule has 1 aliphatic rings. The predicted molar refractivity (Wildman–Crippen MR) is 233 cm³/mol. The van der Waals surface area contributed by atoms with Crippen LogP contribution in [0.4, 0.5) is 17.1 Å². The predicted octanol–water partition coefficient (Wildman–Crippen LogP) is 15.5. The summed E-state index contributed by atoms with van der Waals surface area (Å²) in [5, 5.41) is 4.80. The second kappa shape index (κ2) is 12.9. The van der Waals surface area contributed by atoms with Crippen molar-refractivity contribution in [2.75, 3.05) is 4.90 Å². The highest BCUT2D eigenvalue weighted by atomic mass is 32.1. The van der Waals surface area contributed by atoms with E-state index in [0.717, 1.165) is 61.6 Å². The van der Waals surface area contributed by atoms with Crippen LogP contribution in [0.3, 0.4) is 0 Å². The Morgan fingerprint density at radius 2 is 1.07 bits per heavy atom. The van der Waals surface area contributed by atoms with E-state index in [-0.39, 0.29) is 0 Å². The maximum atomic E-state index is 7.08. The Hall–Kier alpha value is -6.94. The van der Waals surface area contributed by atoms with E-state index < -0.39 is 0 Å². The van der Waals surface area contributed by atoms with Gasteiger partial charge in [-0.25, -0.2) is 0 Å². The molecule has 0 amide bonds. The van der Waals surface area contributed by atoms with Crippen LogP contribution in [-0.2, 0) is 0 Å². The lowest BCUT2D eigenvalue weighted by Crippen LogP contribution is -2.11. The van der Waals surface area contributed by atoms with Gasteiger partial charge < -0.3 is 9.64 Å². The monoisotopic (exact) mass is 719 g/mol. The smallest absolute Gasteiger partial charge is 0.143 e. The van der Waals surface area contributed by atoms with Crippen molar-refractivity contribution in [1.82, 2.24) is 0 Å². The van der Waals surface area contributed by atoms with Crippen LogP contribution < -0.4 is 9.64 Å². The molecule has 0 atom stereocenters. The summed E-state index contributed by atoms with van der Waals surface area (Å²) in [5.74, 6) is 1.72. The van der Waals surface area contributed by atoms with Gasteiger partial charge in [-0.2, -0.15) is 0 Å². The molecule has 1 aliphatic heterocycles. The van der Waals surface area contributed by atoms with Crippen molar-refractivity contribution in [2.24, 2.45) is 0 Å². The number of nitrogens with zero attached hydrogens (tertiary/aromatic N) is 1. The lowest BCUT2D eigenvalue weighted by molar-refractivity contribution is 0.493. The van der Waals surface area contributed by atoms with Crippen LogP contribution in [-0.4, -0.2) is 0 Å². The van der Waals surface area contributed by atoms with E-state index in [9.17, 15) is 0 Å². The lowest BCUT2D eigenvalue weighted by Gasteiger charge is -2.29. The van der Waals surface area contributed by atoms with E-state index >= 15 is 0 Å². The van der Waals surface area contributed by atoms with Crippen LogP contribution in [0.5, 0.6) is 11.5 Å². The van der Waals surface area contributed by atoms with E-state index in [4.69, 9.17) is 4.74 Å². The Morgan fingerprint density at radius 3 is 1.95 bits per heavy atom. The maximum absolute atomic E-state index is 7.08. The number of hydrogen-bond donors (Lipinski definition) is 0. The fourth-order valence-corrected chi connectivity index (χ4v) is 9.50. The number of fused-ring (bicyclic) bond motifs is 10. The zero-order chi connectivity index (χ0) is 36.3. The molecule has 0 aliphatic carbocycles. The number of ether oxygens (including phenoxy) is 1. The largest absolute Gasteiger partial charge is 0.455 e. The summed E-state index contributed by atoms with van der Waals surface area (Å²) in [6.45, 7) is 0. The Morgan fingerprint density at radius 1 is 0.382 bits per heavy atom. The van der Waals surface area contributed by atoms with Crippen LogP contribution in [0.25, 0.3) is 75.5 Å². The van der Waals surface area contributed by atoms with Gasteiger partial charge in [0, 0.05) is 43.2 Å². The van der Waals surface area contributed by atoms with Crippen molar-refractivity contribution < 1.29 is 4.74 Å². The molecule has 55 heavy (non-hydrogen) atoms. The molecule has 0 unspecified atom stereocenters. The number of para-hydroxylation sites is 1. The molecule has 0 bridgehead atoms. The van der Waals surface area contributed by atoms with Gasteiger partial charge in [-0.3, -0.25) is 0 Å². The minimum atomic E-state index is 0.837. The highest BCUT2D eigenvalue weighted by molar-refractivity contribution is 7.26. The summed E-state index contributed by atoms with van der Waals surface area (Å²) >= 11 is 1.85. The van der Waals surface area contributed by atoms with Gasteiger partial charge >= 0.3 is 0 Å². The molecule has 0 N–H and O–H groups in total. The van der Waals surface area contributed by atoms with Crippen molar-refractivity contribution in [2.45, 2.75) is 0 Å². The molecule has 0 fully saturated rings. The second-order valence-corrected chi connectivity index (χ2v) is 15.1. The normalized spacial score (nSPS) is 11.8. The van der Waals surface area contributed by atoms with E-state index in [2.05, 4.69) is 205 Å². The first-order chi connectivity index (χ1) is 27.3. The van der Waals surface area contributed by atoms with Gasteiger partial charge in [-0.1, -0.05) is 152 Å². The van der Waals surface area contributed by atoms with Gasteiger partial charge in [0.25, 0.3) is 0 Å². The summed E-state index contributed by atoms with van der Waals surface area (Å²) in [5.41, 5.74) is 12.5.